The maximum atomic E-state index is 12.6. The van der Waals surface area contributed by atoms with Crippen LogP contribution in [-0.2, 0) is 16.1 Å². The van der Waals surface area contributed by atoms with Crippen molar-refractivity contribution in [3.05, 3.63) is 48.5 Å². The van der Waals surface area contributed by atoms with Gasteiger partial charge in [-0.15, -0.1) is 0 Å². The van der Waals surface area contributed by atoms with E-state index in [0.717, 1.165) is 18.5 Å². The average Bonchev–Trinajstić information content (AvgIpc) is 3.16. The van der Waals surface area contributed by atoms with Crippen molar-refractivity contribution in [1.29, 1.82) is 0 Å². The highest BCUT2D eigenvalue weighted by Gasteiger charge is 2.48. The minimum Gasteiger partial charge on any atom is -0.508 e. The summed E-state index contributed by atoms with van der Waals surface area (Å²) in [7, 11) is 0. The number of carbonyl (C=O) groups is 2. The summed E-state index contributed by atoms with van der Waals surface area (Å²) < 4.78 is 1.95. The van der Waals surface area contributed by atoms with Crippen molar-refractivity contribution in [3.63, 3.8) is 0 Å². The number of Topliss-reactive ketones (excluding diaryl/α,β-unsaturated/α-hetero) is 1. The minimum atomic E-state index is -0.419. The van der Waals surface area contributed by atoms with E-state index in [-0.39, 0.29) is 29.4 Å². The zero-order valence-electron chi connectivity index (χ0n) is 14.5. The Morgan fingerprint density at radius 1 is 1.24 bits per heavy atom. The van der Waals surface area contributed by atoms with Crippen LogP contribution >= 0.6 is 0 Å². The second-order valence-corrected chi connectivity index (χ2v) is 6.83. The van der Waals surface area contributed by atoms with Crippen molar-refractivity contribution in [1.82, 2.24) is 14.5 Å². The number of likely N-dealkylation sites (tertiary alicyclic amines) is 1. The van der Waals surface area contributed by atoms with E-state index in [1.54, 1.807) is 35.6 Å². The molecule has 25 heavy (non-hydrogen) atoms. The number of carbonyl (C=O) groups excluding carboxylic acids is 2. The Morgan fingerprint density at radius 3 is 2.68 bits per heavy atom. The Bertz CT molecular complexity index is 755. The molecule has 0 aliphatic carbocycles. The molecule has 2 atom stereocenters. The fourth-order valence-electron chi connectivity index (χ4n) is 3.59. The van der Waals surface area contributed by atoms with Gasteiger partial charge in [0, 0.05) is 25.5 Å². The van der Waals surface area contributed by atoms with E-state index in [1.165, 1.54) is 0 Å². The molecular weight excluding hydrogens is 318 g/mol. The number of aromatic nitrogens is 2. The van der Waals surface area contributed by atoms with Crippen molar-refractivity contribution in [2.24, 2.45) is 11.8 Å². The molecule has 2 heterocycles. The third kappa shape index (κ3) is 3.43. The first-order valence-corrected chi connectivity index (χ1v) is 8.58. The van der Waals surface area contributed by atoms with Crippen LogP contribution in [0, 0.1) is 11.8 Å². The molecule has 2 aromatic rings. The topological polar surface area (TPSA) is 75.4 Å². The number of aromatic hydroxyl groups is 1. The van der Waals surface area contributed by atoms with Gasteiger partial charge in [0.1, 0.15) is 5.75 Å². The maximum absolute atomic E-state index is 12.6. The normalized spacial score (nSPS) is 20.7. The summed E-state index contributed by atoms with van der Waals surface area (Å²) in [6.07, 6.45) is 6.06. The molecule has 2 unspecified atom stereocenters. The van der Waals surface area contributed by atoms with Crippen molar-refractivity contribution in [2.75, 3.05) is 6.54 Å². The zero-order valence-corrected chi connectivity index (χ0v) is 14.5. The SMILES string of the molecule is CC(C)C1C(=O)C(=O)N(CCCn2ccnc2)C1c1cccc(O)c1. The Kier molecular flexibility index (Phi) is 4.88. The number of imidazole rings is 1. The van der Waals surface area contributed by atoms with Crippen LogP contribution in [-0.4, -0.2) is 37.8 Å². The summed E-state index contributed by atoms with van der Waals surface area (Å²) in [6.45, 7) is 5.14. The van der Waals surface area contributed by atoms with E-state index < -0.39 is 5.91 Å². The van der Waals surface area contributed by atoms with Crippen molar-refractivity contribution in [2.45, 2.75) is 32.9 Å². The smallest absolute Gasteiger partial charge is 0.290 e. The van der Waals surface area contributed by atoms with E-state index in [4.69, 9.17) is 0 Å². The molecule has 1 N–H and O–H groups in total. The molecule has 0 saturated carbocycles. The first-order chi connectivity index (χ1) is 12.0. The average molecular weight is 341 g/mol. The largest absolute Gasteiger partial charge is 0.508 e. The lowest BCUT2D eigenvalue weighted by molar-refractivity contribution is -0.141. The molecule has 1 fully saturated rings. The zero-order chi connectivity index (χ0) is 18.0. The van der Waals surface area contributed by atoms with Gasteiger partial charge < -0.3 is 14.6 Å². The summed E-state index contributed by atoms with van der Waals surface area (Å²) >= 11 is 0. The minimum absolute atomic E-state index is 0.0439. The number of aryl methyl sites for hydroxylation is 1. The van der Waals surface area contributed by atoms with Gasteiger partial charge in [-0.25, -0.2) is 4.98 Å². The van der Waals surface area contributed by atoms with E-state index in [0.29, 0.717) is 6.54 Å². The van der Waals surface area contributed by atoms with Crippen LogP contribution in [0.25, 0.3) is 0 Å². The quantitative estimate of drug-likeness (QED) is 0.819. The second-order valence-electron chi connectivity index (χ2n) is 6.83. The third-order valence-corrected chi connectivity index (χ3v) is 4.75. The van der Waals surface area contributed by atoms with Gasteiger partial charge >= 0.3 is 0 Å². The summed E-state index contributed by atoms with van der Waals surface area (Å²) in [5, 5.41) is 9.82. The van der Waals surface area contributed by atoms with Crippen LogP contribution in [0.1, 0.15) is 31.9 Å². The molecular formula is C19H23N3O3. The molecule has 1 amide bonds. The predicted molar refractivity (Wildman–Crippen MR) is 92.7 cm³/mol. The molecule has 0 bridgehead atoms. The molecule has 0 radical (unpaired) electrons. The van der Waals surface area contributed by atoms with Crippen LogP contribution in [0.3, 0.4) is 0 Å². The molecule has 1 saturated heterocycles. The summed E-state index contributed by atoms with van der Waals surface area (Å²) in [4.78, 5) is 30.8. The van der Waals surface area contributed by atoms with E-state index in [1.807, 2.05) is 30.7 Å². The van der Waals surface area contributed by atoms with Gasteiger partial charge in [-0.2, -0.15) is 0 Å². The lowest BCUT2D eigenvalue weighted by Crippen LogP contribution is -2.31. The first kappa shape index (κ1) is 17.2. The number of benzene rings is 1. The summed E-state index contributed by atoms with van der Waals surface area (Å²) in [6, 6.07) is 6.54. The van der Waals surface area contributed by atoms with E-state index in [2.05, 4.69) is 4.98 Å². The lowest BCUT2D eigenvalue weighted by atomic mass is 9.84. The highest BCUT2D eigenvalue weighted by molar-refractivity contribution is 6.39. The van der Waals surface area contributed by atoms with Gasteiger partial charge in [-0.05, 0) is 30.0 Å². The number of nitrogens with zero attached hydrogens (tertiary/aromatic N) is 3. The predicted octanol–water partition coefficient (Wildman–Crippen LogP) is 2.40. The maximum Gasteiger partial charge on any atom is 0.290 e. The highest BCUT2D eigenvalue weighted by atomic mass is 16.3. The molecule has 132 valence electrons. The van der Waals surface area contributed by atoms with Gasteiger partial charge in [0.15, 0.2) is 0 Å². The van der Waals surface area contributed by atoms with E-state index in [9.17, 15) is 14.7 Å². The van der Waals surface area contributed by atoms with Crippen LogP contribution in [0.5, 0.6) is 5.75 Å². The van der Waals surface area contributed by atoms with Gasteiger partial charge in [-0.3, -0.25) is 9.59 Å². The number of amides is 1. The van der Waals surface area contributed by atoms with Gasteiger partial charge in [0.25, 0.3) is 5.91 Å². The monoisotopic (exact) mass is 341 g/mol. The molecule has 1 aromatic heterocycles. The van der Waals surface area contributed by atoms with Crippen molar-refractivity contribution >= 4 is 11.7 Å². The Morgan fingerprint density at radius 2 is 2.04 bits per heavy atom. The van der Waals surface area contributed by atoms with Crippen LogP contribution < -0.4 is 0 Å². The molecule has 1 aliphatic rings. The standard InChI is InChI=1S/C19H23N3O3/c1-13(2)16-17(14-5-3-6-15(23)11-14)22(19(25)18(16)24)9-4-8-21-10-7-20-12-21/h3,5-7,10-13,16-17,23H,4,8-9H2,1-2H3. The van der Waals surface area contributed by atoms with Crippen molar-refractivity contribution < 1.29 is 14.7 Å². The molecule has 1 aliphatic heterocycles. The van der Waals surface area contributed by atoms with Gasteiger partial charge in [0.05, 0.1) is 18.3 Å². The fraction of sp³-hybridized carbons (Fsp3) is 0.421. The summed E-state index contributed by atoms with van der Waals surface area (Å²) in [5.41, 5.74) is 0.806. The first-order valence-electron chi connectivity index (χ1n) is 8.58. The number of rotatable bonds is 6. The number of phenolic OH excluding ortho intramolecular Hbond substituents is 1. The van der Waals surface area contributed by atoms with Crippen LogP contribution in [0.4, 0.5) is 0 Å². The Balaban J connectivity index is 1.84. The van der Waals surface area contributed by atoms with Gasteiger partial charge in [-0.1, -0.05) is 26.0 Å². The number of hydrogen-bond donors (Lipinski definition) is 1. The molecule has 1 aromatic carbocycles. The Labute approximate surface area is 147 Å². The van der Waals surface area contributed by atoms with Crippen LogP contribution in [0.15, 0.2) is 43.0 Å². The number of hydrogen-bond acceptors (Lipinski definition) is 4. The number of ketones is 1. The second kappa shape index (κ2) is 7.09. The Hall–Kier alpha value is -2.63. The molecule has 3 rings (SSSR count). The molecule has 6 heteroatoms. The lowest BCUT2D eigenvalue weighted by Gasteiger charge is -2.29. The summed E-state index contributed by atoms with van der Waals surface area (Å²) in [5.74, 6) is -0.946. The molecule has 6 nitrogen and oxygen atoms in total. The highest BCUT2D eigenvalue weighted by Crippen LogP contribution is 2.40. The third-order valence-electron chi connectivity index (χ3n) is 4.75. The van der Waals surface area contributed by atoms with Crippen LogP contribution in [0.2, 0.25) is 0 Å². The number of phenols is 1. The van der Waals surface area contributed by atoms with Crippen molar-refractivity contribution in [3.8, 4) is 5.75 Å². The van der Waals surface area contributed by atoms with E-state index >= 15 is 0 Å². The fourth-order valence-corrected chi connectivity index (χ4v) is 3.59. The molecule has 0 spiro atoms. The van der Waals surface area contributed by atoms with Gasteiger partial charge in [0.2, 0.25) is 5.78 Å².